The second-order valence-corrected chi connectivity index (χ2v) is 6.74. The third-order valence-electron chi connectivity index (χ3n) is 4.33. The van der Waals surface area contributed by atoms with E-state index in [0.29, 0.717) is 29.5 Å². The molecule has 1 saturated heterocycles. The van der Waals surface area contributed by atoms with Gasteiger partial charge in [0.15, 0.2) is 5.71 Å². The number of benzene rings is 2. The lowest BCUT2D eigenvalue weighted by molar-refractivity contribution is -0.134. The Labute approximate surface area is 175 Å². The SMILES string of the molecule is CCOC(=O)C(=NNc1ccccc1Cl)C(=CN1CCOCC1)c1ccccc1. The molecule has 29 heavy (non-hydrogen) atoms. The number of hydrogen-bond donors (Lipinski definition) is 1. The number of halogens is 1. The van der Waals surface area contributed by atoms with E-state index in [1.165, 1.54) is 0 Å². The molecule has 0 amide bonds. The molecule has 0 radical (unpaired) electrons. The van der Waals surface area contributed by atoms with E-state index >= 15 is 0 Å². The van der Waals surface area contributed by atoms with E-state index in [0.717, 1.165) is 18.7 Å². The summed E-state index contributed by atoms with van der Waals surface area (Å²) < 4.78 is 10.7. The fourth-order valence-electron chi connectivity index (χ4n) is 2.86. The van der Waals surface area contributed by atoms with Crippen molar-refractivity contribution in [2.24, 2.45) is 5.10 Å². The number of esters is 1. The van der Waals surface area contributed by atoms with Crippen LogP contribution in [-0.4, -0.2) is 49.5 Å². The van der Waals surface area contributed by atoms with Crippen molar-refractivity contribution in [3.8, 4) is 0 Å². The van der Waals surface area contributed by atoms with E-state index in [1.807, 2.05) is 48.7 Å². The zero-order valence-corrected chi connectivity index (χ0v) is 17.1. The number of hydrazone groups is 1. The van der Waals surface area contributed by atoms with Crippen molar-refractivity contribution in [3.05, 3.63) is 71.4 Å². The van der Waals surface area contributed by atoms with Gasteiger partial charge in [-0.15, -0.1) is 0 Å². The molecule has 6 nitrogen and oxygen atoms in total. The topological polar surface area (TPSA) is 63.2 Å². The van der Waals surface area contributed by atoms with Gasteiger partial charge in [0.05, 0.1) is 30.5 Å². The summed E-state index contributed by atoms with van der Waals surface area (Å²) in [5.41, 5.74) is 5.24. The van der Waals surface area contributed by atoms with Gasteiger partial charge in [-0.2, -0.15) is 5.10 Å². The number of carbonyl (C=O) groups excluding carboxylic acids is 1. The number of para-hydroxylation sites is 1. The maximum Gasteiger partial charge on any atom is 0.359 e. The van der Waals surface area contributed by atoms with Crippen LogP contribution in [0.5, 0.6) is 0 Å². The van der Waals surface area contributed by atoms with Gasteiger partial charge in [-0.25, -0.2) is 4.79 Å². The standard InChI is InChI=1S/C22H24ClN3O3/c1-2-29-22(27)21(25-24-20-11-7-6-10-19(20)23)18(17-8-4-3-5-9-17)16-26-12-14-28-15-13-26/h3-11,16,24H,2,12-15H2,1H3. The Kier molecular flexibility index (Phi) is 7.67. The second-order valence-electron chi connectivity index (χ2n) is 6.33. The minimum atomic E-state index is -0.504. The predicted octanol–water partition coefficient (Wildman–Crippen LogP) is 4.04. The van der Waals surface area contributed by atoms with Crippen LogP contribution in [0.25, 0.3) is 5.57 Å². The van der Waals surface area contributed by atoms with Crippen molar-refractivity contribution < 1.29 is 14.3 Å². The molecule has 1 N–H and O–H groups in total. The molecule has 7 heteroatoms. The minimum absolute atomic E-state index is 0.185. The van der Waals surface area contributed by atoms with Gasteiger partial charge in [-0.05, 0) is 24.6 Å². The predicted molar refractivity (Wildman–Crippen MR) is 116 cm³/mol. The van der Waals surface area contributed by atoms with Crippen molar-refractivity contribution in [3.63, 3.8) is 0 Å². The van der Waals surface area contributed by atoms with Crippen molar-refractivity contribution in [2.75, 3.05) is 38.3 Å². The van der Waals surface area contributed by atoms with Crippen LogP contribution in [0, 0.1) is 0 Å². The molecule has 0 aromatic heterocycles. The van der Waals surface area contributed by atoms with Crippen molar-refractivity contribution in [1.82, 2.24) is 4.90 Å². The molecule has 0 saturated carbocycles. The monoisotopic (exact) mass is 413 g/mol. The average molecular weight is 414 g/mol. The van der Waals surface area contributed by atoms with Gasteiger partial charge in [0.25, 0.3) is 0 Å². The third-order valence-corrected chi connectivity index (χ3v) is 4.66. The van der Waals surface area contributed by atoms with Gasteiger partial charge in [0.2, 0.25) is 0 Å². The Morgan fingerprint density at radius 1 is 1.17 bits per heavy atom. The summed E-state index contributed by atoms with van der Waals surface area (Å²) in [4.78, 5) is 14.9. The summed E-state index contributed by atoms with van der Waals surface area (Å²) in [5.74, 6) is -0.504. The van der Waals surface area contributed by atoms with Crippen LogP contribution < -0.4 is 5.43 Å². The molecule has 1 heterocycles. The minimum Gasteiger partial charge on any atom is -0.461 e. The molecule has 0 atom stereocenters. The quantitative estimate of drug-likeness (QED) is 0.421. The van der Waals surface area contributed by atoms with Crippen LogP contribution >= 0.6 is 11.6 Å². The van der Waals surface area contributed by atoms with E-state index in [4.69, 9.17) is 21.1 Å². The van der Waals surface area contributed by atoms with Crippen LogP contribution in [0.4, 0.5) is 5.69 Å². The Morgan fingerprint density at radius 3 is 2.55 bits per heavy atom. The number of nitrogens with one attached hydrogen (secondary N) is 1. The lowest BCUT2D eigenvalue weighted by atomic mass is 10.0. The normalized spacial score (nSPS) is 15.2. The Balaban J connectivity index is 2.02. The first-order chi connectivity index (χ1) is 14.2. The van der Waals surface area contributed by atoms with Crippen LogP contribution in [0.1, 0.15) is 12.5 Å². The number of ether oxygens (including phenoxy) is 2. The molecule has 0 aliphatic carbocycles. The smallest absolute Gasteiger partial charge is 0.359 e. The third kappa shape index (κ3) is 5.82. The summed E-state index contributed by atoms with van der Waals surface area (Å²) in [6, 6.07) is 16.9. The molecule has 3 rings (SSSR count). The molecule has 2 aromatic rings. The Hall–Kier alpha value is -2.83. The summed E-state index contributed by atoms with van der Waals surface area (Å²) >= 11 is 6.22. The highest BCUT2D eigenvalue weighted by Gasteiger charge is 2.22. The molecular formula is C22H24ClN3O3. The van der Waals surface area contributed by atoms with Gasteiger partial charge in [0.1, 0.15) is 0 Å². The molecule has 1 aliphatic heterocycles. The van der Waals surface area contributed by atoms with E-state index in [2.05, 4.69) is 15.4 Å². The largest absolute Gasteiger partial charge is 0.461 e. The van der Waals surface area contributed by atoms with Crippen LogP contribution in [-0.2, 0) is 14.3 Å². The number of anilines is 1. The average Bonchev–Trinajstić information content (AvgIpc) is 2.76. The van der Waals surface area contributed by atoms with Crippen LogP contribution in [0.2, 0.25) is 5.02 Å². The highest BCUT2D eigenvalue weighted by Crippen LogP contribution is 2.23. The molecular weight excluding hydrogens is 390 g/mol. The molecule has 0 unspecified atom stereocenters. The lowest BCUT2D eigenvalue weighted by Crippen LogP contribution is -2.33. The maximum absolute atomic E-state index is 12.8. The first-order valence-electron chi connectivity index (χ1n) is 9.53. The number of hydrogen-bond acceptors (Lipinski definition) is 6. The van der Waals surface area contributed by atoms with Gasteiger partial charge >= 0.3 is 5.97 Å². The number of rotatable bonds is 7. The second kappa shape index (κ2) is 10.6. The maximum atomic E-state index is 12.8. The molecule has 0 bridgehead atoms. The number of morpholine rings is 1. The molecule has 1 aliphatic rings. The van der Waals surface area contributed by atoms with Crippen LogP contribution in [0.3, 0.4) is 0 Å². The highest BCUT2D eigenvalue weighted by molar-refractivity contribution is 6.54. The van der Waals surface area contributed by atoms with Gasteiger partial charge in [-0.1, -0.05) is 54.1 Å². The molecule has 152 valence electrons. The van der Waals surface area contributed by atoms with Crippen molar-refractivity contribution in [2.45, 2.75) is 6.92 Å². The zero-order valence-electron chi connectivity index (χ0n) is 16.3. The Morgan fingerprint density at radius 2 is 1.86 bits per heavy atom. The Bertz CT molecular complexity index is 878. The van der Waals surface area contributed by atoms with E-state index in [1.54, 1.807) is 19.1 Å². The lowest BCUT2D eigenvalue weighted by Gasteiger charge is -2.26. The summed E-state index contributed by atoms with van der Waals surface area (Å²) in [6.45, 7) is 4.79. The number of nitrogens with zero attached hydrogens (tertiary/aromatic N) is 2. The summed E-state index contributed by atoms with van der Waals surface area (Å²) in [7, 11) is 0. The molecule has 0 spiro atoms. The first-order valence-corrected chi connectivity index (χ1v) is 9.91. The molecule has 2 aromatic carbocycles. The van der Waals surface area contributed by atoms with Gasteiger partial charge < -0.3 is 14.4 Å². The zero-order chi connectivity index (χ0) is 20.5. The van der Waals surface area contributed by atoms with E-state index < -0.39 is 5.97 Å². The van der Waals surface area contributed by atoms with Gasteiger partial charge in [0, 0.05) is 24.9 Å². The van der Waals surface area contributed by atoms with Crippen molar-refractivity contribution >= 4 is 34.5 Å². The van der Waals surface area contributed by atoms with E-state index in [-0.39, 0.29) is 12.3 Å². The number of carbonyl (C=O) groups is 1. The first kappa shape index (κ1) is 20.9. The van der Waals surface area contributed by atoms with E-state index in [9.17, 15) is 4.79 Å². The molecule has 1 fully saturated rings. The van der Waals surface area contributed by atoms with Crippen molar-refractivity contribution in [1.29, 1.82) is 0 Å². The van der Waals surface area contributed by atoms with Gasteiger partial charge in [-0.3, -0.25) is 5.43 Å². The van der Waals surface area contributed by atoms with Crippen LogP contribution in [0.15, 0.2) is 65.9 Å². The summed E-state index contributed by atoms with van der Waals surface area (Å²) in [6.07, 6.45) is 1.95. The summed E-state index contributed by atoms with van der Waals surface area (Å²) in [5, 5.41) is 4.91. The highest BCUT2D eigenvalue weighted by atomic mass is 35.5. The fraction of sp³-hybridized carbons (Fsp3) is 0.273. The fourth-order valence-corrected chi connectivity index (χ4v) is 3.04.